The van der Waals surface area contributed by atoms with Gasteiger partial charge < -0.3 is 25.2 Å². The Hall–Kier alpha value is -4.21. The van der Waals surface area contributed by atoms with Gasteiger partial charge in [0, 0.05) is 41.9 Å². The van der Waals surface area contributed by atoms with Crippen molar-refractivity contribution in [3.8, 4) is 0 Å². The van der Waals surface area contributed by atoms with Crippen LogP contribution in [0, 0.1) is 12.8 Å². The summed E-state index contributed by atoms with van der Waals surface area (Å²) in [6.45, 7) is 10.2. The largest absolute Gasteiger partial charge is 0.444 e. The van der Waals surface area contributed by atoms with E-state index >= 15 is 0 Å². The van der Waals surface area contributed by atoms with Crippen LogP contribution < -0.4 is 10.6 Å². The van der Waals surface area contributed by atoms with Gasteiger partial charge in [-0.15, -0.1) is 0 Å². The number of ether oxygens (including phenoxy) is 1. The Labute approximate surface area is 295 Å². The lowest BCUT2D eigenvalue weighted by atomic mass is 9.79. The molecule has 3 aromatic carbocycles. The monoisotopic (exact) mass is 688 g/mol. The molecule has 10 heteroatoms. The summed E-state index contributed by atoms with van der Waals surface area (Å²) < 4.78 is 6.58. The van der Waals surface area contributed by atoms with Gasteiger partial charge in [-0.25, -0.2) is 0 Å². The van der Waals surface area contributed by atoms with Gasteiger partial charge in [0.15, 0.2) is 5.60 Å². The highest BCUT2D eigenvalue weighted by Crippen LogP contribution is 2.44. The molecule has 1 unspecified atom stereocenters. The number of rotatable bonds is 13. The molecule has 1 heterocycles. The molecule has 0 saturated carbocycles. The average Bonchev–Trinajstić information content (AvgIpc) is 3.62. The van der Waals surface area contributed by atoms with Crippen molar-refractivity contribution in [1.82, 2.24) is 20.4 Å². The van der Waals surface area contributed by atoms with Crippen LogP contribution >= 0.6 is 11.6 Å². The average molecular weight is 689 g/mol. The molecule has 3 aromatic rings. The minimum atomic E-state index is -1.47. The topological polar surface area (TPSA) is 108 Å². The Kier molecular flexibility index (Phi) is 12.3. The third-order valence-corrected chi connectivity index (χ3v) is 9.69. The number of likely N-dealkylation sites (tertiary alicyclic amines) is 1. The van der Waals surface area contributed by atoms with Crippen molar-refractivity contribution in [3.05, 3.63) is 106 Å². The maximum Gasteiger partial charge on any atom is 0.310 e. The summed E-state index contributed by atoms with van der Waals surface area (Å²) in [4.78, 5) is 58.8. The molecule has 0 spiro atoms. The number of carbonyl (C=O) groups is 4. The zero-order chi connectivity index (χ0) is 35.9. The number of benzene rings is 3. The van der Waals surface area contributed by atoms with E-state index in [0.29, 0.717) is 34.8 Å². The number of carbonyl (C=O) groups excluding carboxylic acids is 4. The van der Waals surface area contributed by atoms with Gasteiger partial charge in [-0.2, -0.15) is 0 Å². The fourth-order valence-electron chi connectivity index (χ4n) is 6.45. The summed E-state index contributed by atoms with van der Waals surface area (Å²) in [7, 11) is 3.26. The van der Waals surface area contributed by atoms with Crippen LogP contribution in [-0.2, 0) is 29.5 Å². The fraction of sp³-hybridized carbons (Fsp3) is 0.436. The SMILES string of the molecule is CNC(C)(C)C(=O)N(C)[C@H](C(=O)N[C@@H](CC(=O)OC(c1ccccc1)(c1ccc(C)cc1)c1ccccc1Cl)C(=O)N1CCCC1)C(C)C. The number of nitrogens with one attached hydrogen (secondary N) is 2. The Morgan fingerprint density at radius 1 is 0.898 bits per heavy atom. The van der Waals surface area contributed by atoms with Crippen LogP contribution in [0.4, 0.5) is 0 Å². The van der Waals surface area contributed by atoms with Crippen molar-refractivity contribution in [3.63, 3.8) is 0 Å². The highest BCUT2D eigenvalue weighted by atomic mass is 35.5. The molecular weight excluding hydrogens is 640 g/mol. The number of hydrogen-bond donors (Lipinski definition) is 2. The van der Waals surface area contributed by atoms with E-state index in [4.69, 9.17) is 16.3 Å². The van der Waals surface area contributed by atoms with Crippen LogP contribution in [0.25, 0.3) is 0 Å². The predicted molar refractivity (Wildman–Crippen MR) is 192 cm³/mol. The highest BCUT2D eigenvalue weighted by molar-refractivity contribution is 6.31. The summed E-state index contributed by atoms with van der Waals surface area (Å²) in [6.07, 6.45) is 1.23. The van der Waals surface area contributed by atoms with Crippen molar-refractivity contribution in [2.75, 3.05) is 27.2 Å². The first-order valence-electron chi connectivity index (χ1n) is 16.9. The number of halogens is 1. The molecule has 0 aromatic heterocycles. The van der Waals surface area contributed by atoms with Gasteiger partial charge in [-0.1, -0.05) is 104 Å². The molecular formula is C39H49ClN4O5. The van der Waals surface area contributed by atoms with Gasteiger partial charge in [-0.3, -0.25) is 19.2 Å². The molecule has 1 fully saturated rings. The first-order valence-corrected chi connectivity index (χ1v) is 17.3. The summed E-state index contributed by atoms with van der Waals surface area (Å²) in [5, 5.41) is 6.25. The first-order chi connectivity index (χ1) is 23.2. The van der Waals surface area contributed by atoms with Gasteiger partial charge in [0.05, 0.1) is 12.0 Å². The molecule has 2 N–H and O–H groups in total. The molecule has 262 valence electrons. The van der Waals surface area contributed by atoms with E-state index in [1.54, 1.807) is 38.9 Å². The van der Waals surface area contributed by atoms with E-state index in [1.165, 1.54) is 4.90 Å². The summed E-state index contributed by atoms with van der Waals surface area (Å²) in [5.74, 6) is -2.17. The molecule has 3 amide bonds. The van der Waals surface area contributed by atoms with Crippen molar-refractivity contribution < 1.29 is 23.9 Å². The van der Waals surface area contributed by atoms with Crippen LogP contribution in [0.5, 0.6) is 0 Å². The van der Waals surface area contributed by atoms with Crippen LogP contribution in [0.3, 0.4) is 0 Å². The van der Waals surface area contributed by atoms with Gasteiger partial charge in [0.25, 0.3) is 0 Å². The van der Waals surface area contributed by atoms with Crippen molar-refractivity contribution in [1.29, 1.82) is 0 Å². The Morgan fingerprint density at radius 3 is 2.04 bits per heavy atom. The third-order valence-electron chi connectivity index (χ3n) is 9.36. The lowest BCUT2D eigenvalue weighted by Gasteiger charge is -2.37. The molecule has 1 saturated heterocycles. The number of hydrogen-bond acceptors (Lipinski definition) is 6. The normalized spacial score (nSPS) is 15.7. The summed E-state index contributed by atoms with van der Waals surface area (Å²) in [6, 6.07) is 22.1. The smallest absolute Gasteiger partial charge is 0.310 e. The molecule has 9 nitrogen and oxygen atoms in total. The van der Waals surface area contributed by atoms with Crippen molar-refractivity contribution in [2.45, 2.75) is 77.1 Å². The standard InChI is InChI=1S/C39H49ClN4O5/c1-26(2)34(43(7)37(48)38(4,5)41-6)35(46)42-32(36(47)44-23-13-14-24-44)25-33(45)49-39(28-15-9-8-10-16-28,29-21-19-27(3)20-22-29)30-17-11-12-18-31(30)40/h8-12,15-22,26,32,34,41H,13-14,23-25H2,1-7H3,(H,42,46)/t32-,34-,39?/m0/s1. The number of amides is 3. The van der Waals surface area contributed by atoms with Crippen LogP contribution in [-0.4, -0.2) is 78.3 Å². The molecule has 1 aliphatic heterocycles. The highest BCUT2D eigenvalue weighted by Gasteiger charge is 2.44. The zero-order valence-electron chi connectivity index (χ0n) is 29.6. The summed E-state index contributed by atoms with van der Waals surface area (Å²) >= 11 is 6.85. The molecule has 4 rings (SSSR count). The molecule has 0 aliphatic carbocycles. The number of aryl methyl sites for hydroxylation is 1. The van der Waals surface area contributed by atoms with Gasteiger partial charge in [0.1, 0.15) is 12.1 Å². The second-order valence-corrected chi connectivity index (χ2v) is 14.1. The summed E-state index contributed by atoms with van der Waals surface area (Å²) in [5.41, 5.74) is 0.520. The predicted octanol–water partition coefficient (Wildman–Crippen LogP) is 5.46. The quantitative estimate of drug-likeness (QED) is 0.182. The molecule has 0 bridgehead atoms. The van der Waals surface area contributed by atoms with E-state index in [9.17, 15) is 19.2 Å². The van der Waals surface area contributed by atoms with Crippen LogP contribution in [0.15, 0.2) is 78.9 Å². The second kappa shape index (κ2) is 16.0. The van der Waals surface area contributed by atoms with Crippen molar-refractivity contribution in [2.24, 2.45) is 5.92 Å². The Bertz CT molecular complexity index is 1620. The third kappa shape index (κ3) is 8.33. The second-order valence-electron chi connectivity index (χ2n) is 13.6. The molecule has 1 aliphatic rings. The van der Waals surface area contributed by atoms with E-state index in [1.807, 2.05) is 93.6 Å². The minimum Gasteiger partial charge on any atom is -0.444 e. The van der Waals surface area contributed by atoms with Crippen LogP contribution in [0.1, 0.15) is 69.2 Å². The van der Waals surface area contributed by atoms with E-state index in [-0.39, 0.29) is 17.7 Å². The van der Waals surface area contributed by atoms with Gasteiger partial charge in [0.2, 0.25) is 17.7 Å². The molecule has 3 atom stereocenters. The number of nitrogens with zero attached hydrogens (tertiary/aromatic N) is 2. The van der Waals surface area contributed by atoms with E-state index in [0.717, 1.165) is 18.4 Å². The zero-order valence-corrected chi connectivity index (χ0v) is 30.3. The van der Waals surface area contributed by atoms with E-state index < -0.39 is 41.5 Å². The Morgan fingerprint density at radius 2 is 1.47 bits per heavy atom. The van der Waals surface area contributed by atoms with E-state index in [2.05, 4.69) is 10.6 Å². The number of esters is 1. The maximum atomic E-state index is 14.3. The lowest BCUT2D eigenvalue weighted by molar-refractivity contribution is -0.156. The Balaban J connectivity index is 1.75. The maximum absolute atomic E-state index is 14.3. The fourth-order valence-corrected chi connectivity index (χ4v) is 6.72. The molecule has 49 heavy (non-hydrogen) atoms. The van der Waals surface area contributed by atoms with Crippen LogP contribution in [0.2, 0.25) is 5.02 Å². The van der Waals surface area contributed by atoms with Gasteiger partial charge >= 0.3 is 5.97 Å². The minimum absolute atomic E-state index is 0.281. The number of likely N-dealkylation sites (N-methyl/N-ethyl adjacent to an activating group) is 2. The first kappa shape index (κ1) is 37.6. The van der Waals surface area contributed by atoms with Gasteiger partial charge in [-0.05, 0) is 52.6 Å². The lowest BCUT2D eigenvalue weighted by Crippen LogP contribution is -2.60. The molecule has 0 radical (unpaired) electrons. The van der Waals surface area contributed by atoms with Crippen molar-refractivity contribution >= 4 is 35.3 Å².